The van der Waals surface area contributed by atoms with Crippen LogP contribution in [0.1, 0.15) is 30.7 Å². The highest BCUT2D eigenvalue weighted by molar-refractivity contribution is 8.14. The largest absolute Gasteiger partial charge is 0.353 e. The third kappa shape index (κ3) is 3.65. The lowest BCUT2D eigenvalue weighted by Crippen LogP contribution is -2.46. The fraction of sp³-hybridized carbons (Fsp3) is 0.562. The normalized spacial score (nSPS) is 23.0. The van der Waals surface area contributed by atoms with Gasteiger partial charge in [-0.15, -0.1) is 11.3 Å². The van der Waals surface area contributed by atoms with Crippen LogP contribution in [0, 0.1) is 0 Å². The van der Waals surface area contributed by atoms with Crippen LogP contribution in [0.4, 0.5) is 4.79 Å². The van der Waals surface area contributed by atoms with Gasteiger partial charge in [-0.1, -0.05) is 17.8 Å². The Morgan fingerprint density at radius 1 is 1.46 bits per heavy atom. The van der Waals surface area contributed by atoms with Gasteiger partial charge in [0.2, 0.25) is 11.8 Å². The van der Waals surface area contributed by atoms with Crippen molar-refractivity contribution < 1.29 is 14.4 Å². The summed E-state index contributed by atoms with van der Waals surface area (Å²) in [7, 11) is 0. The van der Waals surface area contributed by atoms with E-state index >= 15 is 0 Å². The van der Waals surface area contributed by atoms with Gasteiger partial charge >= 0.3 is 0 Å². The number of rotatable bonds is 6. The van der Waals surface area contributed by atoms with E-state index < -0.39 is 0 Å². The maximum atomic E-state index is 12.4. The molecule has 2 aliphatic heterocycles. The third-order valence-corrected chi connectivity index (χ3v) is 6.35. The van der Waals surface area contributed by atoms with Gasteiger partial charge in [0.1, 0.15) is 0 Å². The molecule has 3 heterocycles. The summed E-state index contributed by atoms with van der Waals surface area (Å²) in [5, 5.41) is 4.71. The second-order valence-electron chi connectivity index (χ2n) is 5.98. The Hall–Kier alpha value is -1.38. The number of carbonyl (C=O) groups excluding carboxylic acids is 3. The molecule has 24 heavy (non-hydrogen) atoms. The van der Waals surface area contributed by atoms with E-state index in [4.69, 9.17) is 0 Å². The zero-order valence-electron chi connectivity index (χ0n) is 13.6. The van der Waals surface area contributed by atoms with Crippen molar-refractivity contribution >= 4 is 40.2 Å². The molecule has 0 aliphatic carbocycles. The van der Waals surface area contributed by atoms with Crippen LogP contribution >= 0.6 is 23.1 Å². The summed E-state index contributed by atoms with van der Waals surface area (Å²) in [5.74, 6) is -0.0192. The van der Waals surface area contributed by atoms with Crippen LogP contribution < -0.4 is 5.32 Å². The molecular formula is C16H21N3O3S2. The minimum atomic E-state index is -0.223. The number of thioether (sulfide) groups is 1. The van der Waals surface area contributed by atoms with Gasteiger partial charge in [-0.3, -0.25) is 24.2 Å². The summed E-state index contributed by atoms with van der Waals surface area (Å²) in [6, 6.07) is 4.26. The maximum Gasteiger partial charge on any atom is 0.288 e. The van der Waals surface area contributed by atoms with Crippen LogP contribution in [0.5, 0.6) is 0 Å². The van der Waals surface area contributed by atoms with E-state index in [-0.39, 0.29) is 35.4 Å². The first kappa shape index (κ1) is 17.4. The SMILES string of the molecule is C[C@H](C(=O)NCCN1C(=O)CSC1=O)N1CCC[C@H]1c1cccs1. The molecule has 0 aromatic carbocycles. The number of nitrogens with zero attached hydrogens (tertiary/aromatic N) is 2. The molecule has 8 heteroatoms. The van der Waals surface area contributed by atoms with E-state index in [1.54, 1.807) is 11.3 Å². The first-order valence-corrected chi connectivity index (χ1v) is 9.98. The highest BCUT2D eigenvalue weighted by Crippen LogP contribution is 2.35. The van der Waals surface area contributed by atoms with Gasteiger partial charge in [-0.05, 0) is 37.8 Å². The monoisotopic (exact) mass is 367 g/mol. The Balaban J connectivity index is 1.51. The molecule has 6 nitrogen and oxygen atoms in total. The van der Waals surface area contributed by atoms with Crippen LogP contribution in [-0.4, -0.2) is 58.3 Å². The van der Waals surface area contributed by atoms with E-state index in [1.807, 2.05) is 13.0 Å². The average Bonchev–Trinajstić information content (AvgIpc) is 3.30. The summed E-state index contributed by atoms with van der Waals surface area (Å²) < 4.78 is 0. The van der Waals surface area contributed by atoms with Crippen molar-refractivity contribution in [1.82, 2.24) is 15.1 Å². The number of carbonyl (C=O) groups is 3. The highest BCUT2D eigenvalue weighted by atomic mass is 32.2. The van der Waals surface area contributed by atoms with Crippen molar-refractivity contribution in [2.75, 3.05) is 25.4 Å². The summed E-state index contributed by atoms with van der Waals surface area (Å²) in [6.07, 6.45) is 2.17. The molecule has 0 bridgehead atoms. The van der Waals surface area contributed by atoms with Gasteiger partial charge in [0.15, 0.2) is 0 Å². The molecule has 2 fully saturated rings. The minimum Gasteiger partial charge on any atom is -0.353 e. The number of thiophene rings is 1. The summed E-state index contributed by atoms with van der Waals surface area (Å²) in [5.41, 5.74) is 0. The average molecular weight is 367 g/mol. The molecular weight excluding hydrogens is 346 g/mol. The van der Waals surface area contributed by atoms with E-state index in [0.717, 1.165) is 31.1 Å². The molecule has 0 spiro atoms. The van der Waals surface area contributed by atoms with Crippen molar-refractivity contribution in [3.05, 3.63) is 22.4 Å². The van der Waals surface area contributed by atoms with Crippen molar-refractivity contribution in [2.24, 2.45) is 0 Å². The molecule has 2 saturated heterocycles. The maximum absolute atomic E-state index is 12.4. The summed E-state index contributed by atoms with van der Waals surface area (Å²) in [4.78, 5) is 40.3. The van der Waals surface area contributed by atoms with Crippen molar-refractivity contribution in [1.29, 1.82) is 0 Å². The Bertz CT molecular complexity index is 604. The Kier molecular flexibility index (Phi) is 5.57. The molecule has 1 aromatic rings. The zero-order chi connectivity index (χ0) is 17.1. The van der Waals surface area contributed by atoms with Gasteiger partial charge in [-0.2, -0.15) is 0 Å². The lowest BCUT2D eigenvalue weighted by atomic mass is 10.1. The molecule has 130 valence electrons. The summed E-state index contributed by atoms with van der Waals surface area (Å²) in [6.45, 7) is 3.39. The quantitative estimate of drug-likeness (QED) is 0.834. The van der Waals surface area contributed by atoms with Crippen LogP contribution in [0.3, 0.4) is 0 Å². The zero-order valence-corrected chi connectivity index (χ0v) is 15.2. The van der Waals surface area contributed by atoms with Crippen LogP contribution in [0.25, 0.3) is 0 Å². The van der Waals surface area contributed by atoms with Crippen LogP contribution in [0.15, 0.2) is 17.5 Å². The van der Waals surface area contributed by atoms with E-state index in [0.29, 0.717) is 12.6 Å². The number of hydrogen-bond donors (Lipinski definition) is 1. The molecule has 0 unspecified atom stereocenters. The van der Waals surface area contributed by atoms with Crippen molar-refractivity contribution in [3.8, 4) is 0 Å². The molecule has 2 atom stereocenters. The number of likely N-dealkylation sites (tertiary alicyclic amines) is 1. The predicted octanol–water partition coefficient (Wildman–Crippen LogP) is 2.09. The molecule has 0 radical (unpaired) electrons. The predicted molar refractivity (Wildman–Crippen MR) is 95.0 cm³/mol. The van der Waals surface area contributed by atoms with E-state index in [9.17, 15) is 14.4 Å². The first-order chi connectivity index (χ1) is 11.6. The fourth-order valence-electron chi connectivity index (χ4n) is 3.23. The first-order valence-electron chi connectivity index (χ1n) is 8.12. The second-order valence-corrected chi connectivity index (χ2v) is 7.88. The molecule has 2 aliphatic rings. The molecule has 3 amide bonds. The van der Waals surface area contributed by atoms with Gasteiger partial charge in [-0.25, -0.2) is 0 Å². The Morgan fingerprint density at radius 3 is 2.96 bits per heavy atom. The Morgan fingerprint density at radius 2 is 2.29 bits per heavy atom. The van der Waals surface area contributed by atoms with E-state index in [2.05, 4.69) is 21.7 Å². The number of imide groups is 1. The summed E-state index contributed by atoms with van der Waals surface area (Å²) >= 11 is 2.75. The third-order valence-electron chi connectivity index (χ3n) is 4.52. The lowest BCUT2D eigenvalue weighted by molar-refractivity contribution is -0.127. The van der Waals surface area contributed by atoms with Crippen molar-refractivity contribution in [2.45, 2.75) is 31.8 Å². The van der Waals surface area contributed by atoms with E-state index in [1.165, 1.54) is 9.78 Å². The number of nitrogens with one attached hydrogen (secondary N) is 1. The van der Waals surface area contributed by atoms with Gasteiger partial charge in [0, 0.05) is 24.0 Å². The van der Waals surface area contributed by atoms with Gasteiger partial charge < -0.3 is 5.32 Å². The highest BCUT2D eigenvalue weighted by Gasteiger charge is 2.34. The Labute approximate surface area is 149 Å². The number of hydrogen-bond acceptors (Lipinski definition) is 6. The van der Waals surface area contributed by atoms with Crippen LogP contribution in [0.2, 0.25) is 0 Å². The second kappa shape index (κ2) is 7.67. The molecule has 1 N–H and O–H groups in total. The fourth-order valence-corrected chi connectivity index (χ4v) is 4.86. The topological polar surface area (TPSA) is 69.7 Å². The standard InChI is InChI=1S/C16H21N3O3S2/c1-11(18-7-2-4-12(18)13-5-3-9-23-13)15(21)17-6-8-19-14(20)10-24-16(19)22/h3,5,9,11-12H,2,4,6-8,10H2,1H3,(H,17,21)/t11-,12+/m1/s1. The van der Waals surface area contributed by atoms with Gasteiger partial charge in [0.05, 0.1) is 11.8 Å². The lowest BCUT2D eigenvalue weighted by Gasteiger charge is -2.29. The molecule has 1 aromatic heterocycles. The smallest absolute Gasteiger partial charge is 0.288 e. The van der Waals surface area contributed by atoms with Gasteiger partial charge in [0.25, 0.3) is 5.24 Å². The van der Waals surface area contributed by atoms with Crippen molar-refractivity contribution in [3.63, 3.8) is 0 Å². The minimum absolute atomic E-state index is 0.0507. The van der Waals surface area contributed by atoms with Crippen LogP contribution in [-0.2, 0) is 9.59 Å². The molecule has 0 saturated carbocycles. The number of amides is 3. The molecule has 3 rings (SSSR count).